The molecule has 2 aliphatic heterocycles. The van der Waals surface area contributed by atoms with Crippen LogP contribution < -0.4 is 10.2 Å². The molecule has 1 atom stereocenters. The molecule has 0 bridgehead atoms. The number of aliphatic imine (C=N–C) groups is 1. The summed E-state index contributed by atoms with van der Waals surface area (Å²) in [5.41, 5.74) is 5.16. The summed E-state index contributed by atoms with van der Waals surface area (Å²) in [6.07, 6.45) is 0.903. The standard InChI is InChI=1S/C12H14N4O/c1-8-13-12-7-10(15-16(12)14-8)9-5-3-4-6-11(9)17-2/h3-6,12H,7H2,1-2H3,(H,13,14). The molecular formula is C12H14N4O. The van der Waals surface area contributed by atoms with Gasteiger partial charge in [-0.05, 0) is 19.1 Å². The molecule has 5 nitrogen and oxygen atoms in total. The van der Waals surface area contributed by atoms with E-state index in [9.17, 15) is 0 Å². The molecule has 0 amide bonds. The molecule has 0 radical (unpaired) electrons. The first-order valence-electron chi connectivity index (χ1n) is 5.59. The fraction of sp³-hybridized carbons (Fsp3) is 0.333. The molecule has 0 aromatic heterocycles. The second-order valence-corrected chi connectivity index (χ2v) is 4.10. The lowest BCUT2D eigenvalue weighted by Crippen LogP contribution is -2.32. The van der Waals surface area contributed by atoms with Crippen LogP contribution in [0.1, 0.15) is 18.9 Å². The van der Waals surface area contributed by atoms with Crippen LogP contribution in [0.4, 0.5) is 0 Å². The van der Waals surface area contributed by atoms with E-state index in [1.807, 2.05) is 31.2 Å². The van der Waals surface area contributed by atoms with E-state index in [2.05, 4.69) is 15.5 Å². The molecule has 0 spiro atoms. The number of benzene rings is 1. The van der Waals surface area contributed by atoms with E-state index in [-0.39, 0.29) is 6.17 Å². The van der Waals surface area contributed by atoms with Crippen molar-refractivity contribution in [3.63, 3.8) is 0 Å². The van der Waals surface area contributed by atoms with E-state index in [0.29, 0.717) is 0 Å². The number of amidine groups is 1. The van der Waals surface area contributed by atoms with Gasteiger partial charge in [0.05, 0.1) is 12.8 Å². The predicted octanol–water partition coefficient (Wildman–Crippen LogP) is 1.37. The Morgan fingerprint density at radius 1 is 1.41 bits per heavy atom. The molecule has 88 valence electrons. The average molecular weight is 230 g/mol. The van der Waals surface area contributed by atoms with Crippen LogP contribution in [0.5, 0.6) is 5.75 Å². The highest BCUT2D eigenvalue weighted by Crippen LogP contribution is 2.27. The van der Waals surface area contributed by atoms with Gasteiger partial charge in [-0.2, -0.15) is 10.2 Å². The monoisotopic (exact) mass is 230 g/mol. The Hall–Kier alpha value is -2.04. The maximum Gasteiger partial charge on any atom is 0.166 e. The van der Waals surface area contributed by atoms with Crippen molar-refractivity contribution in [3.8, 4) is 5.75 Å². The van der Waals surface area contributed by atoms with Crippen LogP contribution >= 0.6 is 0 Å². The zero-order valence-corrected chi connectivity index (χ0v) is 9.84. The van der Waals surface area contributed by atoms with Crippen LogP contribution in [-0.2, 0) is 0 Å². The number of rotatable bonds is 2. The number of hydrogen-bond donors (Lipinski definition) is 1. The lowest BCUT2D eigenvalue weighted by Gasteiger charge is -2.10. The number of para-hydroxylation sites is 1. The summed E-state index contributed by atoms with van der Waals surface area (Å²) in [5, 5.41) is 6.33. The van der Waals surface area contributed by atoms with Gasteiger partial charge in [0.1, 0.15) is 11.6 Å². The maximum absolute atomic E-state index is 5.35. The average Bonchev–Trinajstić information content (AvgIpc) is 2.86. The molecule has 1 N–H and O–H groups in total. The van der Waals surface area contributed by atoms with E-state index in [1.165, 1.54) is 0 Å². The van der Waals surface area contributed by atoms with Crippen molar-refractivity contribution in [2.45, 2.75) is 19.5 Å². The van der Waals surface area contributed by atoms with Gasteiger partial charge in [-0.25, -0.2) is 4.99 Å². The summed E-state index contributed by atoms with van der Waals surface area (Å²) in [5.74, 6) is 1.77. The molecule has 2 heterocycles. The van der Waals surface area contributed by atoms with E-state index < -0.39 is 0 Å². The number of hydrazone groups is 1. The van der Waals surface area contributed by atoms with Crippen molar-refractivity contribution in [2.24, 2.45) is 10.1 Å². The van der Waals surface area contributed by atoms with E-state index in [4.69, 9.17) is 4.74 Å². The highest BCUT2D eigenvalue weighted by atomic mass is 16.5. The van der Waals surface area contributed by atoms with Gasteiger partial charge in [0.2, 0.25) is 0 Å². The minimum Gasteiger partial charge on any atom is -0.496 e. The molecule has 1 aromatic carbocycles. The molecule has 2 aliphatic rings. The van der Waals surface area contributed by atoms with E-state index in [0.717, 1.165) is 29.3 Å². The van der Waals surface area contributed by atoms with Gasteiger partial charge < -0.3 is 4.74 Å². The number of methoxy groups -OCH3 is 1. The molecule has 17 heavy (non-hydrogen) atoms. The van der Waals surface area contributed by atoms with Crippen LogP contribution in [0.3, 0.4) is 0 Å². The first-order valence-corrected chi connectivity index (χ1v) is 5.59. The quantitative estimate of drug-likeness (QED) is 0.834. The highest BCUT2D eigenvalue weighted by molar-refractivity contribution is 6.04. The second kappa shape index (κ2) is 3.76. The van der Waals surface area contributed by atoms with Crippen LogP contribution in [-0.4, -0.2) is 29.9 Å². The minimum atomic E-state index is 0.0925. The van der Waals surface area contributed by atoms with Crippen molar-refractivity contribution in [2.75, 3.05) is 7.11 Å². The van der Waals surface area contributed by atoms with Gasteiger partial charge in [0, 0.05) is 12.0 Å². The summed E-state index contributed by atoms with van der Waals surface area (Å²) in [4.78, 5) is 4.46. The third kappa shape index (κ3) is 1.63. The molecule has 5 heteroatoms. The number of nitrogens with one attached hydrogen (secondary N) is 1. The molecule has 0 saturated carbocycles. The highest BCUT2D eigenvalue weighted by Gasteiger charge is 2.32. The first kappa shape index (κ1) is 10.1. The van der Waals surface area contributed by atoms with Gasteiger partial charge in [-0.15, -0.1) is 0 Å². The number of fused-ring (bicyclic) bond motifs is 1. The van der Waals surface area contributed by atoms with Crippen molar-refractivity contribution in [3.05, 3.63) is 29.8 Å². The van der Waals surface area contributed by atoms with Crippen molar-refractivity contribution in [1.82, 2.24) is 10.5 Å². The van der Waals surface area contributed by atoms with Crippen LogP contribution in [0.15, 0.2) is 34.4 Å². The number of hydrazine groups is 1. The topological polar surface area (TPSA) is 49.2 Å². The van der Waals surface area contributed by atoms with Gasteiger partial charge in [0.15, 0.2) is 6.17 Å². The lowest BCUT2D eigenvalue weighted by atomic mass is 10.1. The fourth-order valence-corrected chi connectivity index (χ4v) is 2.16. The molecule has 0 fully saturated rings. The number of ether oxygens (including phenoxy) is 1. The van der Waals surface area contributed by atoms with Gasteiger partial charge >= 0.3 is 0 Å². The van der Waals surface area contributed by atoms with Crippen molar-refractivity contribution < 1.29 is 4.74 Å². The Balaban J connectivity index is 1.90. The Morgan fingerprint density at radius 3 is 3.00 bits per heavy atom. The molecule has 1 aromatic rings. The third-order valence-electron chi connectivity index (χ3n) is 2.92. The Morgan fingerprint density at radius 2 is 2.24 bits per heavy atom. The summed E-state index contributed by atoms with van der Waals surface area (Å²) < 4.78 is 5.35. The van der Waals surface area contributed by atoms with E-state index >= 15 is 0 Å². The molecule has 3 rings (SSSR count). The lowest BCUT2D eigenvalue weighted by molar-refractivity contribution is 0.225. The number of hydrogen-bond acceptors (Lipinski definition) is 5. The third-order valence-corrected chi connectivity index (χ3v) is 2.92. The van der Waals surface area contributed by atoms with Crippen molar-refractivity contribution in [1.29, 1.82) is 0 Å². The summed E-state index contributed by atoms with van der Waals surface area (Å²) in [7, 11) is 1.68. The number of nitrogens with zero attached hydrogens (tertiary/aromatic N) is 3. The SMILES string of the molecule is COc1ccccc1C1=NN2NC(C)=NC2C1. The normalized spacial score (nSPS) is 21.8. The van der Waals surface area contributed by atoms with E-state index in [1.54, 1.807) is 12.2 Å². The zero-order chi connectivity index (χ0) is 11.8. The van der Waals surface area contributed by atoms with Crippen LogP contribution in [0.2, 0.25) is 0 Å². The summed E-state index contributed by atoms with van der Waals surface area (Å²) in [6.45, 7) is 1.94. The minimum absolute atomic E-state index is 0.0925. The molecule has 1 unspecified atom stereocenters. The molecular weight excluding hydrogens is 216 g/mol. The Bertz CT molecular complexity index is 509. The summed E-state index contributed by atoms with van der Waals surface area (Å²) >= 11 is 0. The maximum atomic E-state index is 5.35. The van der Waals surface area contributed by atoms with Gasteiger partial charge in [-0.3, -0.25) is 5.43 Å². The second-order valence-electron chi connectivity index (χ2n) is 4.10. The van der Waals surface area contributed by atoms with Crippen LogP contribution in [0.25, 0.3) is 0 Å². The first-order chi connectivity index (χ1) is 8.28. The zero-order valence-electron chi connectivity index (χ0n) is 9.84. The Kier molecular flexibility index (Phi) is 2.24. The van der Waals surface area contributed by atoms with Crippen molar-refractivity contribution >= 4 is 11.5 Å². The smallest absolute Gasteiger partial charge is 0.166 e. The largest absolute Gasteiger partial charge is 0.496 e. The fourth-order valence-electron chi connectivity index (χ4n) is 2.16. The Labute approximate surface area is 99.8 Å². The van der Waals surface area contributed by atoms with Gasteiger partial charge in [0.25, 0.3) is 0 Å². The molecule has 0 aliphatic carbocycles. The molecule has 0 saturated heterocycles. The van der Waals surface area contributed by atoms with Crippen LogP contribution in [0, 0.1) is 0 Å². The van der Waals surface area contributed by atoms with Gasteiger partial charge in [-0.1, -0.05) is 12.1 Å². The predicted molar refractivity (Wildman–Crippen MR) is 66.0 cm³/mol. The summed E-state index contributed by atoms with van der Waals surface area (Å²) in [6, 6.07) is 7.92.